The van der Waals surface area contributed by atoms with Crippen molar-refractivity contribution < 1.29 is 14.6 Å². The lowest BCUT2D eigenvalue weighted by molar-refractivity contribution is -0.143. The number of ether oxygens (including phenoxy) is 1. The van der Waals surface area contributed by atoms with Crippen LogP contribution in [0.2, 0.25) is 0 Å². The van der Waals surface area contributed by atoms with E-state index >= 15 is 0 Å². The molecule has 0 heterocycles. The molecule has 1 atom stereocenters. The average molecular weight is 590 g/mol. The average Bonchev–Trinajstić information content (AvgIpc) is 3.12. The van der Waals surface area contributed by atoms with Crippen LogP contribution >= 0.6 is 0 Å². The summed E-state index contributed by atoms with van der Waals surface area (Å²) >= 11 is 0. The van der Waals surface area contributed by atoms with Crippen LogP contribution in [0.25, 0.3) is 0 Å². The second-order valence-electron chi connectivity index (χ2n) is 11.0. The van der Waals surface area contributed by atoms with Crippen molar-refractivity contribution in [2.45, 2.75) is 17.2 Å². The van der Waals surface area contributed by atoms with Crippen molar-refractivity contribution in [1.82, 2.24) is 5.32 Å². The summed E-state index contributed by atoms with van der Waals surface area (Å²) in [5.41, 5.74) is 3.46. The Bertz CT molecular complexity index is 1590. The van der Waals surface area contributed by atoms with Gasteiger partial charge in [-0.25, -0.2) is 0 Å². The van der Waals surface area contributed by atoms with Crippen molar-refractivity contribution in [3.8, 4) is 0 Å². The Kier molecular flexibility index (Phi) is 8.97. The van der Waals surface area contributed by atoms with Crippen LogP contribution in [0, 0.1) is 0 Å². The van der Waals surface area contributed by atoms with Gasteiger partial charge in [-0.05, 0) is 33.4 Å². The molecule has 0 bridgehead atoms. The Morgan fingerprint density at radius 2 is 0.756 bits per heavy atom. The number of carboxylic acid groups (broad SMARTS) is 1. The van der Waals surface area contributed by atoms with Gasteiger partial charge in [-0.3, -0.25) is 10.1 Å². The van der Waals surface area contributed by atoms with Gasteiger partial charge in [0.05, 0.1) is 12.1 Å². The zero-order valence-corrected chi connectivity index (χ0v) is 24.9. The predicted octanol–water partition coefficient (Wildman–Crippen LogP) is 8.03. The van der Waals surface area contributed by atoms with E-state index in [2.05, 4.69) is 5.32 Å². The Labute approximate surface area is 264 Å². The van der Waals surface area contributed by atoms with E-state index in [1.165, 1.54) is 0 Å². The fraction of sp³-hybridized carbons (Fsp3) is 0.0976. The second-order valence-corrected chi connectivity index (χ2v) is 11.0. The Morgan fingerprint density at radius 1 is 0.489 bits per heavy atom. The largest absolute Gasteiger partial charge is 0.480 e. The first-order chi connectivity index (χ1) is 22.1. The number of hydrogen-bond acceptors (Lipinski definition) is 3. The summed E-state index contributed by atoms with van der Waals surface area (Å²) < 4.78 is 7.02. The van der Waals surface area contributed by atoms with Crippen LogP contribution in [0.1, 0.15) is 33.4 Å². The molecule has 4 heteroatoms. The summed E-state index contributed by atoms with van der Waals surface area (Å²) in [6.07, 6.45) is 0. The Morgan fingerprint density at radius 3 is 1.02 bits per heavy atom. The third-order valence-electron chi connectivity index (χ3n) is 8.32. The Hall–Kier alpha value is -5.29. The molecule has 0 aliphatic carbocycles. The molecule has 0 unspecified atom stereocenters. The van der Waals surface area contributed by atoms with Crippen molar-refractivity contribution in [2.75, 3.05) is 6.61 Å². The lowest BCUT2D eigenvalue weighted by Crippen LogP contribution is -2.55. The number of carboxylic acids is 1. The van der Waals surface area contributed by atoms with Crippen molar-refractivity contribution in [3.63, 3.8) is 0 Å². The van der Waals surface area contributed by atoms with Gasteiger partial charge >= 0.3 is 5.97 Å². The molecular weight excluding hydrogens is 554 g/mol. The smallest absolute Gasteiger partial charge is 0.323 e. The number of carbonyl (C=O) groups is 1. The summed E-state index contributed by atoms with van der Waals surface area (Å²) in [6, 6.07) is 58.9. The summed E-state index contributed by atoms with van der Waals surface area (Å²) in [6.45, 7) is -0.123. The molecule has 6 aromatic rings. The second kappa shape index (κ2) is 13.6. The Balaban J connectivity index is 1.50. The van der Waals surface area contributed by atoms with Crippen molar-refractivity contribution in [1.29, 1.82) is 0 Å². The predicted molar refractivity (Wildman–Crippen MR) is 179 cm³/mol. The number of nitrogens with one attached hydrogen (secondary N) is 1. The minimum atomic E-state index is -1.10. The van der Waals surface area contributed by atoms with Gasteiger partial charge in [0.15, 0.2) is 0 Å². The van der Waals surface area contributed by atoms with Gasteiger partial charge in [0.1, 0.15) is 11.6 Å². The van der Waals surface area contributed by atoms with Crippen LogP contribution in [-0.4, -0.2) is 23.7 Å². The maximum atomic E-state index is 13.3. The van der Waals surface area contributed by atoms with E-state index in [1.54, 1.807) is 0 Å². The van der Waals surface area contributed by atoms with Crippen LogP contribution < -0.4 is 5.32 Å². The van der Waals surface area contributed by atoms with E-state index in [9.17, 15) is 9.90 Å². The molecule has 0 aromatic heterocycles. The molecule has 0 aliphatic heterocycles. The summed E-state index contributed by atoms with van der Waals surface area (Å²) in [5.74, 6) is -1.01. The van der Waals surface area contributed by atoms with E-state index in [1.807, 2.05) is 182 Å². The maximum Gasteiger partial charge on any atom is 0.323 e. The first-order valence-electron chi connectivity index (χ1n) is 15.1. The molecule has 4 nitrogen and oxygen atoms in total. The number of benzene rings is 6. The standard InChI is InChI=1S/C41H35NO3/c43-39(44)38(42-40(32-19-7-1-8-20-32,33-21-9-2-10-22-33)34-23-11-3-12-24-34)31-45-41(35-25-13-4-14-26-35,36-27-15-5-16-28-36)37-29-17-6-18-30-37/h1-30,38,42H,31H2,(H,43,44)/t38-/m0/s1. The van der Waals surface area contributed by atoms with E-state index in [0.29, 0.717) is 0 Å². The quantitative estimate of drug-likeness (QED) is 0.142. The van der Waals surface area contributed by atoms with E-state index in [4.69, 9.17) is 4.74 Å². The molecule has 45 heavy (non-hydrogen) atoms. The highest BCUT2D eigenvalue weighted by Gasteiger charge is 2.43. The number of hydrogen-bond donors (Lipinski definition) is 2. The molecule has 6 rings (SSSR count). The number of aliphatic carboxylic acids is 1. The fourth-order valence-corrected chi connectivity index (χ4v) is 6.23. The van der Waals surface area contributed by atoms with Gasteiger partial charge in [-0.15, -0.1) is 0 Å². The minimum absolute atomic E-state index is 0.123. The number of rotatable bonds is 12. The van der Waals surface area contributed by atoms with Gasteiger partial charge in [-0.2, -0.15) is 0 Å². The topological polar surface area (TPSA) is 58.6 Å². The molecule has 6 aromatic carbocycles. The lowest BCUT2D eigenvalue weighted by atomic mass is 9.76. The van der Waals surface area contributed by atoms with E-state index < -0.39 is 23.2 Å². The third kappa shape index (κ3) is 5.94. The summed E-state index contributed by atoms with van der Waals surface area (Å²) in [4.78, 5) is 13.3. The summed E-state index contributed by atoms with van der Waals surface area (Å²) in [7, 11) is 0. The molecule has 0 amide bonds. The van der Waals surface area contributed by atoms with E-state index in [0.717, 1.165) is 33.4 Å². The molecule has 0 saturated heterocycles. The normalized spacial score (nSPS) is 12.4. The van der Waals surface area contributed by atoms with Crippen LogP contribution in [0.3, 0.4) is 0 Å². The molecule has 0 radical (unpaired) electrons. The van der Waals surface area contributed by atoms with Gasteiger partial charge in [-0.1, -0.05) is 182 Å². The molecule has 222 valence electrons. The minimum Gasteiger partial charge on any atom is -0.480 e. The summed E-state index contributed by atoms with van der Waals surface area (Å²) in [5, 5.41) is 14.5. The third-order valence-corrected chi connectivity index (χ3v) is 8.32. The first kappa shape index (κ1) is 29.8. The molecule has 0 spiro atoms. The molecule has 0 fully saturated rings. The van der Waals surface area contributed by atoms with Crippen LogP contribution in [0.4, 0.5) is 0 Å². The maximum absolute atomic E-state index is 13.3. The van der Waals surface area contributed by atoms with Crippen LogP contribution in [0.5, 0.6) is 0 Å². The fourth-order valence-electron chi connectivity index (χ4n) is 6.23. The van der Waals surface area contributed by atoms with E-state index in [-0.39, 0.29) is 6.61 Å². The molecule has 0 saturated carbocycles. The van der Waals surface area contributed by atoms with Gasteiger partial charge < -0.3 is 9.84 Å². The monoisotopic (exact) mass is 589 g/mol. The van der Waals surface area contributed by atoms with Crippen LogP contribution in [0.15, 0.2) is 182 Å². The van der Waals surface area contributed by atoms with Gasteiger partial charge in [0.2, 0.25) is 0 Å². The highest BCUT2D eigenvalue weighted by molar-refractivity contribution is 5.74. The van der Waals surface area contributed by atoms with Crippen molar-refractivity contribution in [3.05, 3.63) is 215 Å². The van der Waals surface area contributed by atoms with Crippen LogP contribution in [-0.2, 0) is 20.7 Å². The highest BCUT2D eigenvalue weighted by Crippen LogP contribution is 2.41. The zero-order valence-electron chi connectivity index (χ0n) is 24.9. The SMILES string of the molecule is O=C(O)[C@H](COC(c1ccccc1)(c1ccccc1)c1ccccc1)NC(c1ccccc1)(c1ccccc1)c1ccccc1. The lowest BCUT2D eigenvalue weighted by Gasteiger charge is -2.41. The highest BCUT2D eigenvalue weighted by atomic mass is 16.5. The zero-order chi connectivity index (χ0) is 31.0. The van der Waals surface area contributed by atoms with Crippen molar-refractivity contribution >= 4 is 5.97 Å². The van der Waals surface area contributed by atoms with Crippen molar-refractivity contribution in [2.24, 2.45) is 0 Å². The molecule has 0 aliphatic rings. The molecule has 2 N–H and O–H groups in total. The van der Waals surface area contributed by atoms with Gasteiger partial charge in [0.25, 0.3) is 0 Å². The van der Waals surface area contributed by atoms with Gasteiger partial charge in [0, 0.05) is 0 Å². The molecular formula is C41H35NO3. The first-order valence-corrected chi connectivity index (χ1v) is 15.1.